The Morgan fingerprint density at radius 2 is 2.10 bits per heavy atom. The van der Waals surface area contributed by atoms with Crippen molar-refractivity contribution in [2.45, 2.75) is 32.6 Å². The molecule has 5 heteroatoms. The first-order valence-corrected chi connectivity index (χ1v) is 6.82. The molecule has 0 fully saturated rings. The maximum Gasteiger partial charge on any atom is 0.137 e. The van der Waals surface area contributed by atoms with Crippen LogP contribution in [0.3, 0.4) is 0 Å². The van der Waals surface area contributed by atoms with Crippen molar-refractivity contribution in [3.05, 3.63) is 30.1 Å². The van der Waals surface area contributed by atoms with E-state index in [4.69, 9.17) is 0 Å². The van der Waals surface area contributed by atoms with Gasteiger partial charge in [-0.15, -0.1) is 0 Å². The average molecular weight is 272 g/mol. The number of rotatable bonds is 7. The van der Waals surface area contributed by atoms with Gasteiger partial charge in [-0.1, -0.05) is 18.1 Å². The highest BCUT2D eigenvalue weighted by atomic mass is 16.4. The molecule has 0 saturated heterocycles. The number of benzene rings is 1. The van der Waals surface area contributed by atoms with Crippen LogP contribution in [0.5, 0.6) is 0 Å². The molecule has 1 N–H and O–H groups in total. The van der Waals surface area contributed by atoms with Crippen LogP contribution in [0.15, 0.2) is 24.5 Å². The molecule has 2 rings (SSSR count). The van der Waals surface area contributed by atoms with Gasteiger partial charge in [0.25, 0.3) is 0 Å². The zero-order valence-electron chi connectivity index (χ0n) is 11.6. The van der Waals surface area contributed by atoms with Gasteiger partial charge in [0.05, 0.1) is 5.52 Å². The number of hydrogen-bond donors (Lipinski definition) is 1. The lowest BCUT2D eigenvalue weighted by atomic mass is 10.1. The fourth-order valence-electron chi connectivity index (χ4n) is 2.09. The van der Waals surface area contributed by atoms with Crippen LogP contribution in [0.4, 0.5) is 5.82 Å². The molecular formula is C15H18N3O2-. The van der Waals surface area contributed by atoms with Crippen molar-refractivity contribution in [1.29, 1.82) is 0 Å². The minimum atomic E-state index is -0.977. The molecule has 0 atom stereocenters. The van der Waals surface area contributed by atoms with E-state index in [1.165, 1.54) is 5.56 Å². The topological polar surface area (TPSA) is 77.9 Å². The summed E-state index contributed by atoms with van der Waals surface area (Å²) in [5, 5.41) is 14.6. The number of fused-ring (bicyclic) bond motifs is 1. The summed E-state index contributed by atoms with van der Waals surface area (Å²) in [5.74, 6) is -0.145. The molecule has 2 aromatic rings. The molecule has 20 heavy (non-hydrogen) atoms. The third-order valence-corrected chi connectivity index (χ3v) is 3.14. The van der Waals surface area contributed by atoms with E-state index in [0.717, 1.165) is 36.1 Å². The second-order valence-electron chi connectivity index (χ2n) is 4.85. The SMILES string of the molecule is Cc1ccc2ncnc(NCCCCCC(=O)[O-])c2c1. The first-order valence-electron chi connectivity index (χ1n) is 6.82. The normalized spacial score (nSPS) is 10.7. The van der Waals surface area contributed by atoms with Crippen LogP contribution in [-0.2, 0) is 4.79 Å². The minimum absolute atomic E-state index is 0.135. The predicted molar refractivity (Wildman–Crippen MR) is 76.2 cm³/mol. The Bertz CT molecular complexity index is 599. The summed E-state index contributed by atoms with van der Waals surface area (Å²) in [6.45, 7) is 2.81. The van der Waals surface area contributed by atoms with E-state index in [2.05, 4.69) is 21.4 Å². The van der Waals surface area contributed by atoms with E-state index in [0.29, 0.717) is 6.42 Å². The smallest absolute Gasteiger partial charge is 0.137 e. The Labute approximate surface area is 118 Å². The Balaban J connectivity index is 1.90. The van der Waals surface area contributed by atoms with Gasteiger partial charge < -0.3 is 15.2 Å². The third kappa shape index (κ3) is 3.91. The van der Waals surface area contributed by atoms with Crippen LogP contribution < -0.4 is 10.4 Å². The maximum atomic E-state index is 10.3. The van der Waals surface area contributed by atoms with Crippen molar-refractivity contribution in [1.82, 2.24) is 9.97 Å². The largest absolute Gasteiger partial charge is 0.550 e. The van der Waals surface area contributed by atoms with Crippen LogP contribution in [0.1, 0.15) is 31.2 Å². The molecule has 0 amide bonds. The Morgan fingerprint density at radius 3 is 2.90 bits per heavy atom. The summed E-state index contributed by atoms with van der Waals surface area (Å²) < 4.78 is 0. The van der Waals surface area contributed by atoms with E-state index >= 15 is 0 Å². The van der Waals surface area contributed by atoms with E-state index in [-0.39, 0.29) is 6.42 Å². The number of nitrogens with one attached hydrogen (secondary N) is 1. The minimum Gasteiger partial charge on any atom is -0.550 e. The molecule has 0 spiro atoms. The number of aromatic nitrogens is 2. The molecule has 0 bridgehead atoms. The number of carboxylic acid groups (broad SMARTS) is 1. The molecule has 0 aliphatic rings. The van der Waals surface area contributed by atoms with Crippen molar-refractivity contribution in [3.63, 3.8) is 0 Å². The van der Waals surface area contributed by atoms with Gasteiger partial charge in [-0.3, -0.25) is 0 Å². The lowest BCUT2D eigenvalue weighted by Gasteiger charge is -2.09. The summed E-state index contributed by atoms with van der Waals surface area (Å²) in [6.07, 6.45) is 4.12. The Morgan fingerprint density at radius 1 is 1.25 bits per heavy atom. The van der Waals surface area contributed by atoms with Gasteiger partial charge in [0.1, 0.15) is 12.1 Å². The van der Waals surface area contributed by atoms with Crippen molar-refractivity contribution in [3.8, 4) is 0 Å². The number of aryl methyl sites for hydroxylation is 1. The van der Waals surface area contributed by atoms with Gasteiger partial charge in [0.2, 0.25) is 0 Å². The number of nitrogens with zero attached hydrogens (tertiary/aromatic N) is 2. The van der Waals surface area contributed by atoms with Crippen molar-refractivity contribution >= 4 is 22.7 Å². The van der Waals surface area contributed by atoms with Gasteiger partial charge in [0.15, 0.2) is 0 Å². The molecule has 0 unspecified atom stereocenters. The molecule has 0 saturated carbocycles. The van der Waals surface area contributed by atoms with Crippen LogP contribution in [0.25, 0.3) is 10.9 Å². The standard InChI is InChI=1S/C15H19N3O2/c1-11-6-7-13-12(9-11)15(18-10-17-13)16-8-4-2-3-5-14(19)20/h6-7,9-10H,2-5,8H2,1H3,(H,19,20)(H,16,17,18)/p-1. The van der Waals surface area contributed by atoms with Gasteiger partial charge in [-0.25, -0.2) is 9.97 Å². The van der Waals surface area contributed by atoms with Gasteiger partial charge >= 0.3 is 0 Å². The molecule has 106 valence electrons. The second kappa shape index (κ2) is 6.84. The van der Waals surface area contributed by atoms with E-state index in [1.54, 1.807) is 6.33 Å². The zero-order chi connectivity index (χ0) is 14.4. The maximum absolute atomic E-state index is 10.3. The van der Waals surface area contributed by atoms with E-state index in [1.807, 2.05) is 19.1 Å². The van der Waals surface area contributed by atoms with Crippen molar-refractivity contribution in [2.75, 3.05) is 11.9 Å². The van der Waals surface area contributed by atoms with E-state index < -0.39 is 5.97 Å². The van der Waals surface area contributed by atoms with Crippen LogP contribution in [0.2, 0.25) is 0 Å². The summed E-state index contributed by atoms with van der Waals surface area (Å²) >= 11 is 0. The molecule has 5 nitrogen and oxygen atoms in total. The first kappa shape index (κ1) is 14.2. The van der Waals surface area contributed by atoms with Crippen LogP contribution >= 0.6 is 0 Å². The second-order valence-corrected chi connectivity index (χ2v) is 4.85. The van der Waals surface area contributed by atoms with Crippen molar-refractivity contribution in [2.24, 2.45) is 0 Å². The predicted octanol–water partition coefficient (Wildman–Crippen LogP) is 1.66. The lowest BCUT2D eigenvalue weighted by molar-refractivity contribution is -0.305. The summed E-state index contributed by atoms with van der Waals surface area (Å²) in [6, 6.07) is 6.07. The van der Waals surface area contributed by atoms with Crippen LogP contribution in [-0.4, -0.2) is 22.5 Å². The summed E-state index contributed by atoms with van der Waals surface area (Å²) in [5.41, 5.74) is 2.09. The fourth-order valence-corrected chi connectivity index (χ4v) is 2.09. The van der Waals surface area contributed by atoms with Gasteiger partial charge in [-0.2, -0.15) is 0 Å². The molecular weight excluding hydrogens is 254 g/mol. The number of aliphatic carboxylic acids is 1. The highest BCUT2D eigenvalue weighted by Crippen LogP contribution is 2.20. The Kier molecular flexibility index (Phi) is 4.87. The number of anilines is 1. The number of unbranched alkanes of at least 4 members (excludes halogenated alkanes) is 2. The molecule has 1 aromatic carbocycles. The number of hydrogen-bond acceptors (Lipinski definition) is 5. The third-order valence-electron chi connectivity index (χ3n) is 3.14. The molecule has 0 aliphatic carbocycles. The summed E-state index contributed by atoms with van der Waals surface area (Å²) in [7, 11) is 0. The quantitative estimate of drug-likeness (QED) is 0.776. The monoisotopic (exact) mass is 272 g/mol. The number of carbonyl (C=O) groups excluding carboxylic acids is 1. The molecule has 1 aromatic heterocycles. The summed E-state index contributed by atoms with van der Waals surface area (Å²) in [4.78, 5) is 18.8. The molecule has 0 aliphatic heterocycles. The lowest BCUT2D eigenvalue weighted by Crippen LogP contribution is -2.21. The molecule has 1 heterocycles. The average Bonchev–Trinajstić information content (AvgIpc) is 2.42. The van der Waals surface area contributed by atoms with Gasteiger partial charge in [-0.05, 0) is 38.3 Å². The van der Waals surface area contributed by atoms with Gasteiger partial charge in [0, 0.05) is 17.9 Å². The number of carbonyl (C=O) groups is 1. The number of carboxylic acids is 1. The first-order chi connectivity index (χ1) is 9.66. The zero-order valence-corrected chi connectivity index (χ0v) is 11.6. The molecule has 0 radical (unpaired) electrons. The van der Waals surface area contributed by atoms with Crippen LogP contribution in [0, 0.1) is 6.92 Å². The Hall–Kier alpha value is -2.17. The van der Waals surface area contributed by atoms with E-state index in [9.17, 15) is 9.90 Å². The highest BCUT2D eigenvalue weighted by molar-refractivity contribution is 5.89. The highest BCUT2D eigenvalue weighted by Gasteiger charge is 2.03. The fraction of sp³-hybridized carbons (Fsp3) is 0.400. The van der Waals surface area contributed by atoms with Crippen molar-refractivity contribution < 1.29 is 9.90 Å².